The van der Waals surface area contributed by atoms with Crippen molar-refractivity contribution in [1.82, 2.24) is 0 Å². The molecule has 0 aromatic heterocycles. The molecular formula is C25H19BrClNO4S. The second-order valence-electron chi connectivity index (χ2n) is 7.00. The zero-order chi connectivity index (χ0) is 23.4. The van der Waals surface area contributed by atoms with Crippen LogP contribution < -0.4 is 14.4 Å². The average Bonchev–Trinajstić information content (AvgIpc) is 3.08. The van der Waals surface area contributed by atoms with E-state index in [4.69, 9.17) is 21.1 Å². The van der Waals surface area contributed by atoms with Crippen LogP contribution in [0.3, 0.4) is 0 Å². The van der Waals surface area contributed by atoms with E-state index in [1.54, 1.807) is 42.5 Å². The number of hydrogen-bond donors (Lipinski definition) is 0. The largest absolute Gasteiger partial charge is 0.490 e. The first-order valence-electron chi connectivity index (χ1n) is 10.1. The number of rotatable bonds is 7. The predicted octanol–water partition coefficient (Wildman–Crippen LogP) is 7.32. The number of ether oxygens (including phenoxy) is 2. The van der Waals surface area contributed by atoms with E-state index in [1.165, 1.54) is 0 Å². The fourth-order valence-electron chi connectivity index (χ4n) is 3.23. The van der Waals surface area contributed by atoms with Crippen LogP contribution in [0.15, 0.2) is 76.1 Å². The van der Waals surface area contributed by atoms with Crippen molar-refractivity contribution in [1.29, 1.82) is 0 Å². The SMILES string of the molecule is CCOc1cc(/C=C2\SC(=O)N(c3ccccc3Cl)C2=O)c(Br)cc1OCc1ccccc1. The summed E-state index contributed by atoms with van der Waals surface area (Å²) < 4.78 is 12.5. The van der Waals surface area contributed by atoms with Crippen molar-refractivity contribution >= 4 is 62.2 Å². The molecule has 4 rings (SSSR count). The molecule has 5 nitrogen and oxygen atoms in total. The number of imide groups is 1. The van der Waals surface area contributed by atoms with Gasteiger partial charge >= 0.3 is 0 Å². The Morgan fingerprint density at radius 1 is 1.00 bits per heavy atom. The maximum absolute atomic E-state index is 13.0. The summed E-state index contributed by atoms with van der Waals surface area (Å²) in [4.78, 5) is 27.0. The summed E-state index contributed by atoms with van der Waals surface area (Å²) in [5.41, 5.74) is 2.09. The van der Waals surface area contributed by atoms with Crippen LogP contribution >= 0.6 is 39.3 Å². The molecule has 33 heavy (non-hydrogen) atoms. The lowest BCUT2D eigenvalue weighted by Gasteiger charge is -2.15. The molecule has 0 bridgehead atoms. The highest BCUT2D eigenvalue weighted by atomic mass is 79.9. The number of carbonyl (C=O) groups excluding carboxylic acids is 2. The highest BCUT2D eigenvalue weighted by molar-refractivity contribution is 9.10. The summed E-state index contributed by atoms with van der Waals surface area (Å²) in [5.74, 6) is 0.703. The van der Waals surface area contributed by atoms with Crippen molar-refractivity contribution in [3.63, 3.8) is 0 Å². The molecule has 0 saturated carbocycles. The Morgan fingerprint density at radius 2 is 1.70 bits per heavy atom. The number of hydrogen-bond acceptors (Lipinski definition) is 5. The average molecular weight is 545 g/mol. The maximum atomic E-state index is 13.0. The van der Waals surface area contributed by atoms with Crippen molar-refractivity contribution in [3.8, 4) is 11.5 Å². The molecule has 0 radical (unpaired) electrons. The van der Waals surface area contributed by atoms with E-state index in [-0.39, 0.29) is 0 Å². The molecule has 3 aromatic rings. The molecule has 0 atom stereocenters. The topological polar surface area (TPSA) is 55.8 Å². The predicted molar refractivity (Wildman–Crippen MR) is 136 cm³/mol. The molecule has 1 aliphatic heterocycles. The van der Waals surface area contributed by atoms with Gasteiger partial charge in [0.15, 0.2) is 11.5 Å². The van der Waals surface area contributed by atoms with Gasteiger partial charge in [-0.05, 0) is 60.2 Å². The van der Waals surface area contributed by atoms with Gasteiger partial charge in [0.25, 0.3) is 11.1 Å². The Bertz CT molecular complexity index is 1230. The standard InChI is InChI=1S/C25H19BrClNO4S/c1-2-31-21-12-17(18(26)14-22(21)32-15-16-8-4-3-5-9-16)13-23-24(29)28(25(30)33-23)20-11-7-6-10-19(20)27/h3-14H,2,15H2,1H3/b23-13-. The zero-order valence-corrected chi connectivity index (χ0v) is 20.7. The minimum Gasteiger partial charge on any atom is -0.490 e. The van der Waals surface area contributed by atoms with Gasteiger partial charge in [0.2, 0.25) is 0 Å². The van der Waals surface area contributed by atoms with Crippen LogP contribution in [0.25, 0.3) is 6.08 Å². The van der Waals surface area contributed by atoms with Crippen LogP contribution in [-0.2, 0) is 11.4 Å². The first kappa shape index (κ1) is 23.4. The number of anilines is 1. The monoisotopic (exact) mass is 543 g/mol. The van der Waals surface area contributed by atoms with Crippen molar-refractivity contribution in [2.75, 3.05) is 11.5 Å². The summed E-state index contributed by atoms with van der Waals surface area (Å²) in [7, 11) is 0. The summed E-state index contributed by atoms with van der Waals surface area (Å²) in [6.45, 7) is 2.73. The number of thioether (sulfide) groups is 1. The molecule has 8 heteroatoms. The van der Waals surface area contributed by atoms with Crippen LogP contribution in [0.5, 0.6) is 11.5 Å². The fraction of sp³-hybridized carbons (Fsp3) is 0.120. The van der Waals surface area contributed by atoms with Gasteiger partial charge in [0.05, 0.1) is 22.2 Å². The second-order valence-corrected chi connectivity index (χ2v) is 9.25. The highest BCUT2D eigenvalue weighted by Gasteiger charge is 2.37. The number of amides is 2. The lowest BCUT2D eigenvalue weighted by Crippen LogP contribution is -2.27. The van der Waals surface area contributed by atoms with E-state index in [2.05, 4.69) is 15.9 Å². The molecule has 3 aromatic carbocycles. The molecular weight excluding hydrogens is 526 g/mol. The number of para-hydroxylation sites is 1. The van der Waals surface area contributed by atoms with Gasteiger partial charge in [0, 0.05) is 4.47 Å². The zero-order valence-electron chi connectivity index (χ0n) is 17.6. The summed E-state index contributed by atoms with van der Waals surface area (Å²) in [5, 5.41) is -0.0656. The molecule has 1 saturated heterocycles. The minimum absolute atomic E-state index is 0.293. The van der Waals surface area contributed by atoms with Crippen LogP contribution in [0.4, 0.5) is 10.5 Å². The van der Waals surface area contributed by atoms with E-state index in [9.17, 15) is 9.59 Å². The molecule has 0 spiro atoms. The lowest BCUT2D eigenvalue weighted by atomic mass is 10.1. The fourth-order valence-corrected chi connectivity index (χ4v) is 4.71. The van der Waals surface area contributed by atoms with Gasteiger partial charge in [-0.25, -0.2) is 4.90 Å². The molecule has 1 heterocycles. The van der Waals surface area contributed by atoms with Gasteiger partial charge in [0.1, 0.15) is 6.61 Å². The van der Waals surface area contributed by atoms with Gasteiger partial charge in [-0.1, -0.05) is 70.0 Å². The van der Waals surface area contributed by atoms with Crippen LogP contribution in [0, 0.1) is 0 Å². The Balaban J connectivity index is 1.62. The lowest BCUT2D eigenvalue weighted by molar-refractivity contribution is -0.113. The molecule has 168 valence electrons. The number of halogens is 2. The Kier molecular flexibility index (Phi) is 7.42. The number of benzene rings is 3. The van der Waals surface area contributed by atoms with Gasteiger partial charge in [-0.2, -0.15) is 0 Å². The molecule has 1 aliphatic rings. The van der Waals surface area contributed by atoms with Gasteiger partial charge < -0.3 is 9.47 Å². The van der Waals surface area contributed by atoms with E-state index >= 15 is 0 Å². The molecule has 0 aliphatic carbocycles. The third-order valence-electron chi connectivity index (χ3n) is 4.77. The number of nitrogens with zero attached hydrogens (tertiary/aromatic N) is 1. The molecule has 1 fully saturated rings. The van der Waals surface area contributed by atoms with Crippen molar-refractivity contribution < 1.29 is 19.1 Å². The highest BCUT2D eigenvalue weighted by Crippen LogP contribution is 2.41. The van der Waals surface area contributed by atoms with Crippen LogP contribution in [0.1, 0.15) is 18.1 Å². The minimum atomic E-state index is -0.424. The quantitative estimate of drug-likeness (QED) is 0.292. The third kappa shape index (κ3) is 5.27. The summed E-state index contributed by atoms with van der Waals surface area (Å²) in [6, 6.07) is 20.2. The van der Waals surface area contributed by atoms with Gasteiger partial charge in [-0.3, -0.25) is 9.59 Å². The Morgan fingerprint density at radius 3 is 2.42 bits per heavy atom. The van der Waals surface area contributed by atoms with E-state index < -0.39 is 11.1 Å². The summed E-state index contributed by atoms with van der Waals surface area (Å²) in [6.07, 6.45) is 1.66. The van der Waals surface area contributed by atoms with Gasteiger partial charge in [-0.15, -0.1) is 0 Å². The first-order chi connectivity index (χ1) is 16.0. The van der Waals surface area contributed by atoms with E-state index in [0.29, 0.717) is 50.4 Å². The van der Waals surface area contributed by atoms with E-state index in [0.717, 1.165) is 22.2 Å². The third-order valence-corrected chi connectivity index (χ3v) is 6.65. The van der Waals surface area contributed by atoms with E-state index in [1.807, 2.05) is 37.3 Å². The normalized spacial score (nSPS) is 14.8. The van der Waals surface area contributed by atoms with Crippen LogP contribution in [0.2, 0.25) is 5.02 Å². The number of carbonyl (C=O) groups is 2. The first-order valence-corrected chi connectivity index (χ1v) is 12.1. The molecule has 0 unspecified atom stereocenters. The van der Waals surface area contributed by atoms with Crippen LogP contribution in [-0.4, -0.2) is 17.8 Å². The second kappa shape index (κ2) is 10.5. The van der Waals surface area contributed by atoms with Crippen molar-refractivity contribution in [2.45, 2.75) is 13.5 Å². The Hall–Kier alpha value is -2.74. The molecule has 0 N–H and O–H groups in total. The molecule has 2 amide bonds. The summed E-state index contributed by atoms with van der Waals surface area (Å²) >= 11 is 10.6. The van der Waals surface area contributed by atoms with Crippen molar-refractivity contribution in [2.24, 2.45) is 0 Å². The Labute approximate surface area is 209 Å². The van der Waals surface area contributed by atoms with Crippen molar-refractivity contribution in [3.05, 3.63) is 92.3 Å². The smallest absolute Gasteiger partial charge is 0.298 e. The maximum Gasteiger partial charge on any atom is 0.298 e.